The first-order chi connectivity index (χ1) is 22.6. The van der Waals surface area contributed by atoms with Gasteiger partial charge in [0.2, 0.25) is 5.91 Å². The van der Waals surface area contributed by atoms with Crippen LogP contribution in [0.15, 0.2) is 66.7 Å². The molecule has 1 amide bonds. The first-order valence-corrected chi connectivity index (χ1v) is 17.2. The molecule has 2 aliphatic rings. The van der Waals surface area contributed by atoms with Gasteiger partial charge in [-0.05, 0) is 72.8 Å². The van der Waals surface area contributed by atoms with Gasteiger partial charge in [0.05, 0.1) is 0 Å². The number of carboxylic acids is 1. The molecule has 0 unspecified atom stereocenters. The predicted molar refractivity (Wildman–Crippen MR) is 181 cm³/mol. The van der Waals surface area contributed by atoms with Gasteiger partial charge in [-0.1, -0.05) is 101 Å². The SMILES string of the molecule is CC(C)(C)c1ccc(CC[C@@H](CC2CCCCC2)OC(=O)CCCC(=O)[O-])cc1NC(=O)CC1c2ccccc2Oc2ccccc21.[Na+]. The van der Waals surface area contributed by atoms with Crippen LogP contribution in [0, 0.1) is 5.92 Å². The number of hydrogen-bond acceptors (Lipinski definition) is 6. The van der Waals surface area contributed by atoms with Gasteiger partial charge in [-0.25, -0.2) is 0 Å². The van der Waals surface area contributed by atoms with E-state index in [1.54, 1.807) is 0 Å². The van der Waals surface area contributed by atoms with Crippen molar-refractivity contribution in [2.75, 3.05) is 5.32 Å². The maximum atomic E-state index is 13.8. The topological polar surface area (TPSA) is 105 Å². The van der Waals surface area contributed by atoms with Crippen molar-refractivity contribution in [2.24, 2.45) is 5.92 Å². The molecule has 8 heteroatoms. The van der Waals surface area contributed by atoms with Crippen LogP contribution in [0.5, 0.6) is 11.5 Å². The second-order valence-corrected chi connectivity index (χ2v) is 14.2. The summed E-state index contributed by atoms with van der Waals surface area (Å²) >= 11 is 0. The molecule has 48 heavy (non-hydrogen) atoms. The molecule has 0 aromatic heterocycles. The number of benzene rings is 3. The number of anilines is 1. The second-order valence-electron chi connectivity index (χ2n) is 14.2. The molecular weight excluding hydrogens is 613 g/mol. The van der Waals surface area contributed by atoms with E-state index in [2.05, 4.69) is 44.3 Å². The number of nitrogens with one attached hydrogen (secondary N) is 1. The predicted octanol–water partition coefficient (Wildman–Crippen LogP) is 4.99. The summed E-state index contributed by atoms with van der Waals surface area (Å²) in [5.41, 5.74) is 4.74. The molecule has 1 aliphatic heterocycles. The number of esters is 1. The van der Waals surface area contributed by atoms with Gasteiger partial charge < -0.3 is 24.7 Å². The van der Waals surface area contributed by atoms with E-state index in [1.807, 2.05) is 48.5 Å². The van der Waals surface area contributed by atoms with Crippen molar-refractivity contribution < 1.29 is 58.5 Å². The largest absolute Gasteiger partial charge is 1.00 e. The average Bonchev–Trinajstić information content (AvgIpc) is 3.03. The molecule has 0 radical (unpaired) electrons. The minimum atomic E-state index is -1.15. The summed E-state index contributed by atoms with van der Waals surface area (Å²) < 4.78 is 12.1. The van der Waals surface area contributed by atoms with E-state index in [9.17, 15) is 19.5 Å². The van der Waals surface area contributed by atoms with Gasteiger partial charge in [0.25, 0.3) is 0 Å². The first kappa shape index (κ1) is 37.7. The van der Waals surface area contributed by atoms with E-state index in [0.717, 1.165) is 58.7 Å². The fraction of sp³-hybridized carbons (Fsp3) is 0.475. The Morgan fingerprint density at radius 2 is 1.56 bits per heavy atom. The third kappa shape index (κ3) is 10.4. The number of para-hydroxylation sites is 2. The normalized spacial score (nSPS) is 15.2. The Labute approximate surface area is 307 Å². The molecule has 5 rings (SSSR count). The Hall–Kier alpha value is -3.13. The van der Waals surface area contributed by atoms with E-state index in [-0.39, 0.29) is 84.6 Å². The number of carbonyl (C=O) groups is 3. The zero-order chi connectivity index (χ0) is 33.4. The number of aliphatic carboxylic acids is 1. The molecule has 0 saturated heterocycles. The van der Waals surface area contributed by atoms with Gasteiger partial charge in [-0.3, -0.25) is 9.59 Å². The summed E-state index contributed by atoms with van der Waals surface area (Å²) in [5, 5.41) is 14.1. The Morgan fingerprint density at radius 3 is 2.19 bits per heavy atom. The minimum Gasteiger partial charge on any atom is -0.550 e. The van der Waals surface area contributed by atoms with Crippen molar-refractivity contribution in [3.05, 3.63) is 89.0 Å². The van der Waals surface area contributed by atoms with Crippen LogP contribution in [0.2, 0.25) is 0 Å². The van der Waals surface area contributed by atoms with Crippen molar-refractivity contribution in [1.82, 2.24) is 0 Å². The van der Waals surface area contributed by atoms with Gasteiger partial charge in [0.1, 0.15) is 17.6 Å². The van der Waals surface area contributed by atoms with E-state index in [1.165, 1.54) is 19.3 Å². The van der Waals surface area contributed by atoms with Gasteiger partial charge >= 0.3 is 35.5 Å². The molecule has 1 N–H and O–H groups in total. The number of carboxylic acid groups (broad SMARTS) is 1. The Balaban J connectivity index is 0.00000520. The van der Waals surface area contributed by atoms with Crippen molar-refractivity contribution in [1.29, 1.82) is 0 Å². The maximum Gasteiger partial charge on any atom is 1.00 e. The number of ether oxygens (including phenoxy) is 2. The van der Waals surface area contributed by atoms with Crippen LogP contribution in [0.25, 0.3) is 0 Å². The molecule has 1 atom stereocenters. The van der Waals surface area contributed by atoms with Gasteiger partial charge in [-0.2, -0.15) is 0 Å². The minimum absolute atomic E-state index is 0. The monoisotopic (exact) mass is 661 g/mol. The third-order valence-electron chi connectivity index (χ3n) is 9.50. The van der Waals surface area contributed by atoms with E-state index < -0.39 is 5.97 Å². The van der Waals surface area contributed by atoms with Crippen LogP contribution in [-0.4, -0.2) is 23.9 Å². The fourth-order valence-electron chi connectivity index (χ4n) is 7.09. The molecule has 0 spiro atoms. The summed E-state index contributed by atoms with van der Waals surface area (Å²) in [6.45, 7) is 6.42. The molecule has 7 nitrogen and oxygen atoms in total. The smallest absolute Gasteiger partial charge is 0.550 e. The van der Waals surface area contributed by atoms with E-state index >= 15 is 0 Å². The standard InChI is InChI=1S/C40H49NO6.Na/c1-40(2,3)33-23-21-28(20-22-29(24-27-12-5-4-6-13-27)46-39(45)19-11-18-38(43)44)25-34(33)41-37(42)26-32-30-14-7-9-16-35(30)47-36-17-10-8-15-31(32)36;/h7-10,14-17,21,23,25,27,29,32H,4-6,11-13,18-20,22,24,26H2,1-3H3,(H,41,42)(H,43,44);/q;+1/p-1/t29-;/m0./s1. The van der Waals surface area contributed by atoms with Crippen LogP contribution in [0.3, 0.4) is 0 Å². The molecule has 1 aliphatic carbocycles. The summed E-state index contributed by atoms with van der Waals surface area (Å²) in [6, 6.07) is 22.1. The quantitative estimate of drug-likeness (QED) is 0.205. The number of carbonyl (C=O) groups excluding carboxylic acids is 3. The van der Waals surface area contributed by atoms with Crippen LogP contribution < -0.4 is 44.7 Å². The number of hydrogen-bond donors (Lipinski definition) is 1. The van der Waals surface area contributed by atoms with Crippen LogP contribution in [-0.2, 0) is 31.0 Å². The number of fused-ring (bicyclic) bond motifs is 2. The molecule has 1 heterocycles. The van der Waals surface area contributed by atoms with Crippen LogP contribution in [0.1, 0.15) is 120 Å². The van der Waals surface area contributed by atoms with E-state index in [4.69, 9.17) is 9.47 Å². The molecule has 3 aromatic carbocycles. The summed E-state index contributed by atoms with van der Waals surface area (Å²) in [4.78, 5) is 37.2. The Kier molecular flexibility index (Phi) is 13.7. The number of amides is 1. The molecular formula is C40H48NNaO6. The van der Waals surface area contributed by atoms with Gasteiger partial charge in [0, 0.05) is 41.5 Å². The summed E-state index contributed by atoms with van der Waals surface area (Å²) in [7, 11) is 0. The van der Waals surface area contributed by atoms with Crippen LogP contribution >= 0.6 is 0 Å². The molecule has 250 valence electrons. The summed E-state index contributed by atoms with van der Waals surface area (Å²) in [6.07, 6.45) is 8.35. The van der Waals surface area contributed by atoms with E-state index in [0.29, 0.717) is 18.8 Å². The van der Waals surface area contributed by atoms with Gasteiger partial charge in [0.15, 0.2) is 0 Å². The van der Waals surface area contributed by atoms with Crippen molar-refractivity contribution >= 4 is 23.5 Å². The zero-order valence-corrected chi connectivity index (χ0v) is 31.0. The third-order valence-corrected chi connectivity index (χ3v) is 9.50. The molecule has 1 saturated carbocycles. The van der Waals surface area contributed by atoms with Crippen molar-refractivity contribution in [3.63, 3.8) is 0 Å². The zero-order valence-electron chi connectivity index (χ0n) is 29.0. The maximum absolute atomic E-state index is 13.8. The number of rotatable bonds is 13. The van der Waals surface area contributed by atoms with Crippen molar-refractivity contribution in [2.45, 2.75) is 115 Å². The molecule has 0 bridgehead atoms. The van der Waals surface area contributed by atoms with Gasteiger partial charge in [-0.15, -0.1) is 0 Å². The Bertz CT molecular complexity index is 1510. The van der Waals surface area contributed by atoms with Crippen LogP contribution in [0.4, 0.5) is 5.69 Å². The molecule has 3 aromatic rings. The molecule has 1 fully saturated rings. The number of aryl methyl sites for hydroxylation is 1. The Morgan fingerprint density at radius 1 is 0.917 bits per heavy atom. The average molecular weight is 662 g/mol. The fourth-order valence-corrected chi connectivity index (χ4v) is 7.09. The second kappa shape index (κ2) is 17.5. The summed E-state index contributed by atoms with van der Waals surface area (Å²) in [5.74, 6) is 0.403. The van der Waals surface area contributed by atoms with Crippen molar-refractivity contribution in [3.8, 4) is 11.5 Å². The first-order valence-electron chi connectivity index (χ1n) is 17.2.